The molecule has 1 heterocycles. The van der Waals surface area contributed by atoms with Crippen LogP contribution in [0.5, 0.6) is 17.2 Å². The number of rotatable bonds is 10. The zero-order chi connectivity index (χ0) is 26.8. The lowest BCUT2D eigenvalue weighted by Gasteiger charge is -2.19. The molecule has 2 atom stereocenters. The van der Waals surface area contributed by atoms with Gasteiger partial charge in [0.25, 0.3) is 0 Å². The summed E-state index contributed by atoms with van der Waals surface area (Å²) in [5.41, 5.74) is 6.77. The average molecular weight is 538 g/mol. The third-order valence-corrected chi connectivity index (χ3v) is 7.73. The molecule has 2 aliphatic rings. The molecule has 3 aromatic rings. The molecule has 0 aromatic heterocycles. The molecule has 0 amide bonds. The van der Waals surface area contributed by atoms with Crippen molar-refractivity contribution in [1.29, 1.82) is 0 Å². The second kappa shape index (κ2) is 11.3. The van der Waals surface area contributed by atoms with E-state index in [0.29, 0.717) is 43.1 Å². The van der Waals surface area contributed by atoms with Crippen molar-refractivity contribution in [2.45, 2.75) is 45.1 Å². The minimum Gasteiger partial charge on any atom is -0.492 e. The topological polar surface area (TPSA) is 77.0 Å². The molecule has 0 saturated heterocycles. The Kier molecular flexibility index (Phi) is 7.81. The molecule has 38 heavy (non-hydrogen) atoms. The first-order valence-electron chi connectivity index (χ1n) is 12.8. The van der Waals surface area contributed by atoms with Gasteiger partial charge in [0.05, 0.1) is 13.0 Å². The monoisotopic (exact) mass is 537 g/mol. The number of benzene rings is 3. The Labute approximate surface area is 226 Å². The summed E-state index contributed by atoms with van der Waals surface area (Å²) < 4.78 is 36.3. The third-order valence-electron chi connectivity index (χ3n) is 7.24. The van der Waals surface area contributed by atoms with Crippen molar-refractivity contribution >= 4 is 17.9 Å². The zero-order valence-electron chi connectivity index (χ0n) is 21.8. The van der Waals surface area contributed by atoms with E-state index in [-0.39, 0.29) is 18.2 Å². The van der Waals surface area contributed by atoms with Crippen LogP contribution in [0.25, 0.3) is 11.1 Å². The van der Waals surface area contributed by atoms with E-state index in [1.165, 1.54) is 6.07 Å². The fraction of sp³-hybridized carbons (Fsp3) is 0.367. The lowest BCUT2D eigenvalue weighted by Crippen LogP contribution is -2.14. The minimum absolute atomic E-state index is 0.0261. The van der Waals surface area contributed by atoms with Gasteiger partial charge >= 0.3 is 5.97 Å². The molecule has 6 nitrogen and oxygen atoms in total. The molecule has 0 unspecified atom stereocenters. The van der Waals surface area contributed by atoms with E-state index >= 15 is 4.39 Å². The highest BCUT2D eigenvalue weighted by Crippen LogP contribution is 2.45. The lowest BCUT2D eigenvalue weighted by atomic mass is 9.90. The van der Waals surface area contributed by atoms with Crippen LogP contribution in [-0.4, -0.2) is 37.1 Å². The summed E-state index contributed by atoms with van der Waals surface area (Å²) in [6, 6.07) is 13.0. The SMILES string of the molecule is CSNCCOc1cc(C)c(-c2ccc(F)c3c2CC[C@H]3Oc2ccc3c(c2)OC[C@H]3CC(=O)O)c(C)c1. The van der Waals surface area contributed by atoms with E-state index < -0.39 is 12.1 Å². The molecule has 0 bridgehead atoms. The van der Waals surface area contributed by atoms with Crippen molar-refractivity contribution in [3.8, 4) is 28.4 Å². The normalized spacial score (nSPS) is 17.6. The van der Waals surface area contributed by atoms with E-state index in [0.717, 1.165) is 45.7 Å². The standard InChI is InChI=1S/C30H32FNO5S/c1-17-12-21(35-11-10-32-38-3)13-18(2)29(17)23-6-8-25(31)30-24(23)7-9-26(30)37-20-4-5-22-19(14-28(33)34)16-36-27(22)15-20/h4-6,8,12-13,15,19,26,32H,7,9-11,14,16H2,1-3H3,(H,33,34)/t19-,26-/m1/s1. The van der Waals surface area contributed by atoms with Crippen LogP contribution in [0.15, 0.2) is 42.5 Å². The highest BCUT2D eigenvalue weighted by Gasteiger charge is 2.32. The Bertz CT molecular complexity index is 1340. The van der Waals surface area contributed by atoms with Gasteiger partial charge in [-0.3, -0.25) is 9.52 Å². The summed E-state index contributed by atoms with van der Waals surface area (Å²) in [5, 5.41) is 9.14. The number of carbonyl (C=O) groups is 1. The van der Waals surface area contributed by atoms with Crippen LogP contribution in [0.3, 0.4) is 0 Å². The molecule has 8 heteroatoms. The number of aliphatic carboxylic acids is 1. The summed E-state index contributed by atoms with van der Waals surface area (Å²) in [6.45, 7) is 5.81. The number of carboxylic acid groups (broad SMARTS) is 1. The Morgan fingerprint density at radius 3 is 2.68 bits per heavy atom. The smallest absolute Gasteiger partial charge is 0.304 e. The van der Waals surface area contributed by atoms with Crippen molar-refractivity contribution < 1.29 is 28.5 Å². The van der Waals surface area contributed by atoms with Gasteiger partial charge in [0, 0.05) is 29.7 Å². The van der Waals surface area contributed by atoms with Gasteiger partial charge in [0.1, 0.15) is 35.8 Å². The quantitative estimate of drug-likeness (QED) is 0.230. The number of nitrogens with one attached hydrogen (secondary N) is 1. The summed E-state index contributed by atoms with van der Waals surface area (Å²) in [6.07, 6.45) is 2.99. The van der Waals surface area contributed by atoms with E-state index in [1.807, 2.05) is 36.6 Å². The first-order valence-corrected chi connectivity index (χ1v) is 14.0. The van der Waals surface area contributed by atoms with Gasteiger partial charge in [-0.2, -0.15) is 0 Å². The van der Waals surface area contributed by atoms with Crippen molar-refractivity contribution in [3.05, 3.63) is 76.1 Å². The summed E-state index contributed by atoms with van der Waals surface area (Å²) in [5.74, 6) is 0.778. The predicted octanol–water partition coefficient (Wildman–Crippen LogP) is 6.37. The lowest BCUT2D eigenvalue weighted by molar-refractivity contribution is -0.137. The Balaban J connectivity index is 1.39. The maximum Gasteiger partial charge on any atom is 0.304 e. The second-order valence-electron chi connectivity index (χ2n) is 9.82. The van der Waals surface area contributed by atoms with Gasteiger partial charge in [-0.1, -0.05) is 24.1 Å². The van der Waals surface area contributed by atoms with Gasteiger partial charge in [-0.05, 0) is 85.0 Å². The number of carboxylic acids is 1. The van der Waals surface area contributed by atoms with E-state index in [1.54, 1.807) is 18.0 Å². The first-order chi connectivity index (χ1) is 18.4. The molecule has 1 aliphatic carbocycles. The fourth-order valence-corrected chi connectivity index (χ4v) is 5.93. The molecule has 200 valence electrons. The average Bonchev–Trinajstić information content (AvgIpc) is 3.47. The number of ether oxygens (including phenoxy) is 3. The van der Waals surface area contributed by atoms with Crippen molar-refractivity contribution in [2.24, 2.45) is 0 Å². The maximum atomic E-state index is 15.2. The highest BCUT2D eigenvalue weighted by atomic mass is 32.2. The second-order valence-corrected chi connectivity index (χ2v) is 10.5. The van der Waals surface area contributed by atoms with Gasteiger partial charge < -0.3 is 19.3 Å². The van der Waals surface area contributed by atoms with Crippen LogP contribution in [0.1, 0.15) is 52.7 Å². The van der Waals surface area contributed by atoms with Crippen molar-refractivity contribution in [3.63, 3.8) is 0 Å². The van der Waals surface area contributed by atoms with E-state index in [9.17, 15) is 4.79 Å². The van der Waals surface area contributed by atoms with Crippen LogP contribution < -0.4 is 18.9 Å². The zero-order valence-corrected chi connectivity index (χ0v) is 22.6. The van der Waals surface area contributed by atoms with Crippen LogP contribution >= 0.6 is 11.9 Å². The fourth-order valence-electron chi connectivity index (χ4n) is 5.64. The van der Waals surface area contributed by atoms with E-state index in [4.69, 9.17) is 19.3 Å². The largest absolute Gasteiger partial charge is 0.492 e. The van der Waals surface area contributed by atoms with Crippen LogP contribution in [-0.2, 0) is 11.2 Å². The third kappa shape index (κ3) is 5.33. The molecule has 0 spiro atoms. The van der Waals surface area contributed by atoms with Crippen molar-refractivity contribution in [2.75, 3.05) is 26.0 Å². The summed E-state index contributed by atoms with van der Waals surface area (Å²) in [4.78, 5) is 11.1. The predicted molar refractivity (Wildman–Crippen MR) is 147 cm³/mol. The number of hydrogen-bond acceptors (Lipinski definition) is 6. The first kappa shape index (κ1) is 26.4. The van der Waals surface area contributed by atoms with E-state index in [2.05, 4.69) is 18.6 Å². The van der Waals surface area contributed by atoms with Gasteiger partial charge in [-0.25, -0.2) is 4.39 Å². The van der Waals surface area contributed by atoms with Gasteiger partial charge in [0.15, 0.2) is 0 Å². The molecule has 5 rings (SSSR count). The van der Waals surface area contributed by atoms with Gasteiger partial charge in [-0.15, -0.1) is 0 Å². The van der Waals surface area contributed by atoms with Crippen LogP contribution in [0.2, 0.25) is 0 Å². The molecular weight excluding hydrogens is 505 g/mol. The molecule has 2 N–H and O–H groups in total. The number of halogens is 1. The maximum absolute atomic E-state index is 15.2. The number of hydrogen-bond donors (Lipinski definition) is 2. The summed E-state index contributed by atoms with van der Waals surface area (Å²) >= 11 is 1.57. The number of aryl methyl sites for hydroxylation is 2. The Morgan fingerprint density at radius 2 is 1.95 bits per heavy atom. The minimum atomic E-state index is -0.850. The highest BCUT2D eigenvalue weighted by molar-refractivity contribution is 7.96. The molecule has 0 radical (unpaired) electrons. The molecule has 3 aromatic carbocycles. The molecule has 0 fully saturated rings. The number of fused-ring (bicyclic) bond motifs is 2. The Hall–Kier alpha value is -3.23. The van der Waals surface area contributed by atoms with Crippen LogP contribution in [0.4, 0.5) is 4.39 Å². The molecular formula is C30H32FNO5S. The van der Waals surface area contributed by atoms with Crippen LogP contribution in [0, 0.1) is 19.7 Å². The van der Waals surface area contributed by atoms with Gasteiger partial charge in [0.2, 0.25) is 0 Å². The molecule has 0 saturated carbocycles. The van der Waals surface area contributed by atoms with Crippen molar-refractivity contribution in [1.82, 2.24) is 4.72 Å². The summed E-state index contributed by atoms with van der Waals surface area (Å²) in [7, 11) is 0. The Morgan fingerprint density at radius 1 is 1.16 bits per heavy atom. The molecule has 1 aliphatic heterocycles.